The topological polar surface area (TPSA) is 56.8 Å². The molecule has 25 heavy (non-hydrogen) atoms. The van der Waals surface area contributed by atoms with E-state index in [0.717, 1.165) is 11.1 Å². The smallest absolute Gasteiger partial charge is 0.251 e. The first-order valence-corrected chi connectivity index (χ1v) is 8.22. The molecule has 5 heteroatoms. The minimum Gasteiger partial charge on any atom is -0.496 e. The van der Waals surface area contributed by atoms with E-state index in [1.54, 1.807) is 32.4 Å². The number of benzene rings is 2. The minimum absolute atomic E-state index is 0.0580. The van der Waals surface area contributed by atoms with Crippen LogP contribution in [0.1, 0.15) is 28.4 Å². The number of carbonyl (C=O) groups excluding carboxylic acids is 1. The third-order valence-electron chi connectivity index (χ3n) is 3.71. The first-order chi connectivity index (χ1) is 12.1. The summed E-state index contributed by atoms with van der Waals surface area (Å²) >= 11 is 0. The van der Waals surface area contributed by atoms with Crippen molar-refractivity contribution < 1.29 is 19.0 Å². The molecule has 0 saturated carbocycles. The molecule has 0 aliphatic heterocycles. The third kappa shape index (κ3) is 5.89. The lowest BCUT2D eigenvalue weighted by Gasteiger charge is -2.15. The molecule has 0 saturated heterocycles. The molecule has 0 bridgehead atoms. The molecule has 1 N–H and O–H groups in total. The molecule has 5 nitrogen and oxygen atoms in total. The van der Waals surface area contributed by atoms with E-state index in [0.29, 0.717) is 31.1 Å². The van der Waals surface area contributed by atoms with Crippen LogP contribution in [0.2, 0.25) is 0 Å². The predicted octanol–water partition coefficient (Wildman–Crippen LogP) is 3.18. The second kappa shape index (κ2) is 9.81. The summed E-state index contributed by atoms with van der Waals surface area (Å²) < 4.78 is 16.2. The molecule has 0 aliphatic carbocycles. The molecule has 1 unspecified atom stereocenters. The van der Waals surface area contributed by atoms with Crippen LogP contribution in [0.15, 0.2) is 48.5 Å². The minimum atomic E-state index is -0.142. The van der Waals surface area contributed by atoms with Crippen LogP contribution in [-0.4, -0.2) is 32.8 Å². The van der Waals surface area contributed by atoms with E-state index >= 15 is 0 Å². The average Bonchev–Trinajstić information content (AvgIpc) is 2.62. The Morgan fingerprint density at radius 2 is 1.84 bits per heavy atom. The van der Waals surface area contributed by atoms with E-state index in [1.165, 1.54) is 0 Å². The number of amides is 1. The Hall–Kier alpha value is -2.37. The quantitative estimate of drug-likeness (QED) is 0.760. The third-order valence-corrected chi connectivity index (χ3v) is 3.71. The van der Waals surface area contributed by atoms with Gasteiger partial charge in [0, 0.05) is 24.3 Å². The molecular weight excluding hydrogens is 318 g/mol. The summed E-state index contributed by atoms with van der Waals surface area (Å²) in [6, 6.07) is 15.2. The van der Waals surface area contributed by atoms with Gasteiger partial charge in [0.15, 0.2) is 0 Å². The summed E-state index contributed by atoms with van der Waals surface area (Å²) in [7, 11) is 3.22. The van der Waals surface area contributed by atoms with Crippen LogP contribution in [0.4, 0.5) is 0 Å². The normalized spacial score (nSPS) is 11.8. The van der Waals surface area contributed by atoms with Crippen molar-refractivity contribution in [3.63, 3.8) is 0 Å². The number of hydrogen-bond acceptors (Lipinski definition) is 4. The monoisotopic (exact) mass is 343 g/mol. The van der Waals surface area contributed by atoms with Gasteiger partial charge in [0.25, 0.3) is 5.91 Å². The molecule has 0 spiro atoms. The highest BCUT2D eigenvalue weighted by Gasteiger charge is 2.13. The lowest BCUT2D eigenvalue weighted by atomic mass is 10.1. The lowest BCUT2D eigenvalue weighted by Crippen LogP contribution is -2.35. The lowest BCUT2D eigenvalue weighted by molar-refractivity contribution is 0.0903. The van der Waals surface area contributed by atoms with Gasteiger partial charge in [-0.15, -0.1) is 0 Å². The van der Waals surface area contributed by atoms with E-state index in [2.05, 4.69) is 5.32 Å². The van der Waals surface area contributed by atoms with Gasteiger partial charge in [0.05, 0.1) is 26.9 Å². The fourth-order valence-corrected chi connectivity index (χ4v) is 2.48. The van der Waals surface area contributed by atoms with Crippen molar-refractivity contribution in [2.24, 2.45) is 0 Å². The number of methoxy groups -OCH3 is 2. The van der Waals surface area contributed by atoms with Gasteiger partial charge < -0.3 is 19.5 Å². The Balaban J connectivity index is 2.02. The summed E-state index contributed by atoms with van der Waals surface area (Å²) in [5, 5.41) is 2.90. The Morgan fingerprint density at radius 1 is 1.08 bits per heavy atom. The summed E-state index contributed by atoms with van der Waals surface area (Å²) in [6.45, 7) is 3.24. The number of carbonyl (C=O) groups is 1. The predicted molar refractivity (Wildman–Crippen MR) is 96.7 cm³/mol. The molecule has 2 rings (SSSR count). The molecule has 1 amide bonds. The summed E-state index contributed by atoms with van der Waals surface area (Å²) in [6.07, 6.45) is 0. The van der Waals surface area contributed by atoms with Gasteiger partial charge in [-0.1, -0.05) is 30.3 Å². The van der Waals surface area contributed by atoms with E-state index in [9.17, 15) is 4.79 Å². The molecule has 0 heterocycles. The van der Waals surface area contributed by atoms with Crippen molar-refractivity contribution in [3.8, 4) is 5.75 Å². The molecule has 0 fully saturated rings. The van der Waals surface area contributed by atoms with Gasteiger partial charge in [-0.25, -0.2) is 0 Å². The fourth-order valence-electron chi connectivity index (χ4n) is 2.48. The van der Waals surface area contributed by atoms with Crippen LogP contribution < -0.4 is 10.1 Å². The van der Waals surface area contributed by atoms with Crippen molar-refractivity contribution in [1.29, 1.82) is 0 Å². The van der Waals surface area contributed by atoms with E-state index < -0.39 is 0 Å². The average molecular weight is 343 g/mol. The zero-order chi connectivity index (χ0) is 18.1. The van der Waals surface area contributed by atoms with Crippen LogP contribution >= 0.6 is 0 Å². The van der Waals surface area contributed by atoms with Crippen LogP contribution in [0.25, 0.3) is 0 Å². The van der Waals surface area contributed by atoms with Crippen molar-refractivity contribution in [3.05, 3.63) is 65.2 Å². The molecule has 1 atom stereocenters. The first-order valence-electron chi connectivity index (χ1n) is 8.22. The van der Waals surface area contributed by atoms with Gasteiger partial charge in [-0.2, -0.15) is 0 Å². The van der Waals surface area contributed by atoms with E-state index in [-0.39, 0.29) is 11.9 Å². The summed E-state index contributed by atoms with van der Waals surface area (Å²) in [5.41, 5.74) is 2.51. The number of nitrogens with one attached hydrogen (secondary N) is 1. The maximum Gasteiger partial charge on any atom is 0.251 e. The van der Waals surface area contributed by atoms with Crippen molar-refractivity contribution in [2.45, 2.75) is 26.2 Å². The molecular formula is C20H25NO4. The Morgan fingerprint density at radius 3 is 2.52 bits per heavy atom. The standard InChI is InChI=1S/C20H25NO4/c1-15(12-23-2)21-20(22)17-9-10-19(24-3)18(11-17)14-25-13-16-7-5-4-6-8-16/h4-11,15H,12-14H2,1-3H3,(H,21,22). The van der Waals surface area contributed by atoms with Gasteiger partial charge in [0.1, 0.15) is 5.75 Å². The number of ether oxygens (including phenoxy) is 3. The molecule has 0 aromatic heterocycles. The Bertz CT molecular complexity index is 673. The van der Waals surface area contributed by atoms with Gasteiger partial charge in [-0.05, 0) is 30.7 Å². The maximum absolute atomic E-state index is 12.3. The maximum atomic E-state index is 12.3. The molecule has 2 aromatic carbocycles. The van der Waals surface area contributed by atoms with Gasteiger partial charge >= 0.3 is 0 Å². The summed E-state index contributed by atoms with van der Waals surface area (Å²) in [4.78, 5) is 12.3. The zero-order valence-electron chi connectivity index (χ0n) is 15.0. The Kier molecular flexibility index (Phi) is 7.44. The van der Waals surface area contributed by atoms with Gasteiger partial charge in [-0.3, -0.25) is 4.79 Å². The zero-order valence-corrected chi connectivity index (χ0v) is 15.0. The van der Waals surface area contributed by atoms with Gasteiger partial charge in [0.2, 0.25) is 0 Å². The van der Waals surface area contributed by atoms with Crippen molar-refractivity contribution in [2.75, 3.05) is 20.8 Å². The SMILES string of the molecule is COCC(C)NC(=O)c1ccc(OC)c(COCc2ccccc2)c1. The fraction of sp³-hybridized carbons (Fsp3) is 0.350. The molecule has 0 aliphatic rings. The van der Waals surface area contributed by atoms with Crippen LogP contribution in [0, 0.1) is 0 Å². The highest BCUT2D eigenvalue weighted by atomic mass is 16.5. The largest absolute Gasteiger partial charge is 0.496 e. The highest BCUT2D eigenvalue weighted by Crippen LogP contribution is 2.21. The van der Waals surface area contributed by atoms with Crippen molar-refractivity contribution >= 4 is 5.91 Å². The van der Waals surface area contributed by atoms with Crippen LogP contribution in [-0.2, 0) is 22.7 Å². The molecule has 134 valence electrons. The second-order valence-electron chi connectivity index (χ2n) is 5.83. The molecule has 0 radical (unpaired) electrons. The summed E-state index contributed by atoms with van der Waals surface area (Å²) in [5.74, 6) is 0.561. The number of hydrogen-bond donors (Lipinski definition) is 1. The second-order valence-corrected chi connectivity index (χ2v) is 5.83. The van der Waals surface area contributed by atoms with E-state index in [1.807, 2.05) is 37.3 Å². The highest BCUT2D eigenvalue weighted by molar-refractivity contribution is 5.94. The van der Waals surface area contributed by atoms with Crippen LogP contribution in [0.3, 0.4) is 0 Å². The Labute approximate surface area is 148 Å². The van der Waals surface area contributed by atoms with E-state index in [4.69, 9.17) is 14.2 Å². The number of rotatable bonds is 9. The van der Waals surface area contributed by atoms with Crippen LogP contribution in [0.5, 0.6) is 5.75 Å². The first kappa shape index (κ1) is 19.0. The molecule has 2 aromatic rings. The van der Waals surface area contributed by atoms with Crippen molar-refractivity contribution in [1.82, 2.24) is 5.32 Å².